The smallest absolute Gasteiger partial charge is 0.312 e. The van der Waals surface area contributed by atoms with Crippen molar-refractivity contribution in [3.8, 4) is 23.0 Å². The lowest BCUT2D eigenvalue weighted by Gasteiger charge is -2.38. The Balaban J connectivity index is 1.75. The fraction of sp³-hybridized carbons (Fsp3) is 0.422. The van der Waals surface area contributed by atoms with Gasteiger partial charge in [0.25, 0.3) is 17.4 Å². The molecule has 0 unspecified atom stereocenters. The molecule has 354 valence electrons. The van der Waals surface area contributed by atoms with E-state index in [4.69, 9.17) is 18.9 Å². The van der Waals surface area contributed by atoms with Crippen molar-refractivity contribution in [1.82, 2.24) is 0 Å². The second-order valence-electron chi connectivity index (χ2n) is 16.6. The Labute approximate surface area is 378 Å². The molecule has 0 fully saturated rings. The Hall–Kier alpha value is -7.10. The molecular weight excluding hydrogens is 867 g/mol. The Morgan fingerprint density at radius 3 is 2.23 bits per heavy atom. The zero-order chi connectivity index (χ0) is 49.3. The maximum Gasteiger partial charge on any atom is 0.312 e. The third kappa shape index (κ3) is 9.49. The number of phenols is 3. The lowest BCUT2D eigenvalue weighted by molar-refractivity contribution is -0.393. The molecule has 0 aliphatic carbocycles. The van der Waals surface area contributed by atoms with E-state index in [1.807, 2.05) is 0 Å². The van der Waals surface area contributed by atoms with E-state index in [9.17, 15) is 60.1 Å². The van der Waals surface area contributed by atoms with Crippen molar-refractivity contribution >= 4 is 57.4 Å². The van der Waals surface area contributed by atoms with Gasteiger partial charge in [0.15, 0.2) is 5.75 Å². The van der Waals surface area contributed by atoms with Gasteiger partial charge in [0.05, 0.1) is 68.9 Å². The second-order valence-corrected chi connectivity index (χ2v) is 16.6. The fourth-order valence-electron chi connectivity index (χ4n) is 8.12. The molecule has 3 heterocycles. The zero-order valence-corrected chi connectivity index (χ0v) is 37.8. The van der Waals surface area contributed by atoms with Crippen LogP contribution in [0.3, 0.4) is 0 Å². The fourth-order valence-corrected chi connectivity index (χ4v) is 8.12. The van der Waals surface area contributed by atoms with Crippen LogP contribution in [0, 0.1) is 50.8 Å². The van der Waals surface area contributed by atoms with Crippen LogP contribution in [0.2, 0.25) is 0 Å². The zero-order valence-electron chi connectivity index (χ0n) is 37.8. The van der Waals surface area contributed by atoms with E-state index in [0.717, 1.165) is 35.7 Å². The molecule has 5 bridgehead atoms. The largest absolute Gasteiger partial charge is 0.507 e. The van der Waals surface area contributed by atoms with E-state index in [1.165, 1.54) is 60.1 Å². The van der Waals surface area contributed by atoms with Crippen molar-refractivity contribution < 1.29 is 68.7 Å². The third-order valence-electron chi connectivity index (χ3n) is 12.1. The van der Waals surface area contributed by atoms with E-state index < -0.39 is 132 Å². The number of carbonyl (C=O) groups is 3. The first-order valence-electron chi connectivity index (χ1n) is 20.7. The number of allylic oxidation sites excluding steroid dienone is 2. The number of nitro groups is 2. The van der Waals surface area contributed by atoms with Crippen molar-refractivity contribution in [3.05, 3.63) is 91.3 Å². The van der Waals surface area contributed by atoms with Gasteiger partial charge >= 0.3 is 17.4 Å². The Kier molecular flexibility index (Phi) is 14.8. The maximum atomic E-state index is 14.5. The number of phenolic OH excluding ortho intramolecular Hbond substituents is 3. The van der Waals surface area contributed by atoms with Gasteiger partial charge in [-0.25, -0.2) is 0 Å². The number of aliphatic hydroxyl groups excluding tert-OH is 2. The van der Waals surface area contributed by atoms with E-state index in [-0.39, 0.29) is 28.1 Å². The van der Waals surface area contributed by atoms with Gasteiger partial charge in [0, 0.05) is 74.3 Å². The van der Waals surface area contributed by atoms with Gasteiger partial charge in [-0.1, -0.05) is 45.9 Å². The molecule has 3 aliphatic heterocycles. The molecule has 21 heteroatoms. The minimum absolute atomic E-state index is 0.0226. The number of ketones is 1. The van der Waals surface area contributed by atoms with Crippen LogP contribution < -0.4 is 15.1 Å². The highest BCUT2D eigenvalue weighted by molar-refractivity contribution is 6.24. The van der Waals surface area contributed by atoms with Gasteiger partial charge < -0.3 is 49.8 Å². The number of nitrogens with one attached hydrogen (secondary N) is 1. The van der Waals surface area contributed by atoms with Crippen LogP contribution in [0.4, 0.5) is 22.7 Å². The molecule has 3 aromatic rings. The third-order valence-corrected chi connectivity index (χ3v) is 12.1. The number of esters is 1. The highest BCUT2D eigenvalue weighted by Gasteiger charge is 2.50. The van der Waals surface area contributed by atoms with Crippen LogP contribution in [-0.2, 0) is 23.8 Å². The summed E-state index contributed by atoms with van der Waals surface area (Å²) in [6, 6.07) is 2.80. The highest BCUT2D eigenvalue weighted by atomic mass is 16.7. The van der Waals surface area contributed by atoms with Crippen molar-refractivity contribution in [2.45, 2.75) is 85.6 Å². The number of nitro benzene ring substituents is 2. The molecule has 6 rings (SSSR count). The number of aromatic hydroxyl groups is 3. The van der Waals surface area contributed by atoms with Gasteiger partial charge in [0.2, 0.25) is 0 Å². The molecule has 0 aromatic heterocycles. The molecule has 6 N–H and O–H groups in total. The second kappa shape index (κ2) is 19.6. The molecule has 3 aliphatic rings. The standard InChI is InChI=1S/C45H53N5O16/c1-20-12-11-13-21(2)44(58)47-35-28(19-46-48(9)29-15-14-27(49(59)60)18-30(29)50(61)62)39(55)32-33(40(35)56)38(54)25(6)42-34(32)43(57)45(8,66-42)64-17-16-31(63-10)22(3)41(65-26(7)51)24(5)37(53)23(4)36(20)52/h11-20,22-24,31,36-37,41,52-56H,1-10H3,(H,47,58)/t20-,22+,23-,24-,31+,36-,37-,41-,45-/m0/s1. The quantitative estimate of drug-likeness (QED) is 0.0393. The van der Waals surface area contributed by atoms with E-state index in [0.29, 0.717) is 0 Å². The van der Waals surface area contributed by atoms with Gasteiger partial charge in [0.1, 0.15) is 29.0 Å². The average Bonchev–Trinajstić information content (AvgIpc) is 3.53. The van der Waals surface area contributed by atoms with Gasteiger partial charge in [-0.3, -0.25) is 39.6 Å². The first kappa shape index (κ1) is 49.9. The average molecular weight is 920 g/mol. The number of ether oxygens (including phenoxy) is 4. The summed E-state index contributed by atoms with van der Waals surface area (Å²) in [5.74, 6) is -9.93. The van der Waals surface area contributed by atoms with E-state index in [1.54, 1.807) is 33.8 Å². The normalized spacial score (nSPS) is 26.2. The molecule has 0 saturated heterocycles. The number of hydrogen-bond acceptors (Lipinski definition) is 18. The number of anilines is 2. The van der Waals surface area contributed by atoms with Crippen LogP contribution in [0.15, 0.2) is 59.4 Å². The number of carbonyl (C=O) groups excluding carboxylic acids is 3. The summed E-state index contributed by atoms with van der Waals surface area (Å²) >= 11 is 0. The van der Waals surface area contributed by atoms with Crippen LogP contribution >= 0.6 is 0 Å². The summed E-state index contributed by atoms with van der Waals surface area (Å²) in [5.41, 5.74) is -2.92. The summed E-state index contributed by atoms with van der Waals surface area (Å²) in [4.78, 5) is 62.4. The van der Waals surface area contributed by atoms with Crippen molar-refractivity contribution in [2.24, 2.45) is 28.8 Å². The molecule has 0 radical (unpaired) electrons. The van der Waals surface area contributed by atoms with Gasteiger partial charge in [-0.15, -0.1) is 0 Å². The van der Waals surface area contributed by atoms with Crippen molar-refractivity contribution in [1.29, 1.82) is 0 Å². The SMILES string of the molecule is CO[C@@H]1C=CO[C@@]2(C)Oc3c(C)c(O)c4c(O)c(c(C=NN(C)c5ccc([N+](=O)[O-])cc5[N+](=O)[O-])c(O)c4c3C2=O)NC(=O)C(C)=CC=C[C@H](C)[C@H](O)[C@H](C)[C@H](O)[C@H](C)[C@@H](OC(C)=O)[C@@H]1C. The van der Waals surface area contributed by atoms with Crippen LogP contribution in [-0.4, -0.2) is 104 Å². The number of methoxy groups -OCH3 is 1. The molecule has 0 saturated carbocycles. The Morgan fingerprint density at radius 2 is 1.62 bits per heavy atom. The lowest BCUT2D eigenvalue weighted by atomic mass is 9.78. The summed E-state index contributed by atoms with van der Waals surface area (Å²) in [6.45, 7) is 12.0. The van der Waals surface area contributed by atoms with Crippen LogP contribution in [0.1, 0.15) is 70.0 Å². The number of rotatable bonds is 7. The molecule has 3 aromatic carbocycles. The number of amides is 1. The first-order chi connectivity index (χ1) is 30.9. The number of nitrogens with zero attached hydrogens (tertiary/aromatic N) is 4. The first-order valence-corrected chi connectivity index (χ1v) is 20.7. The number of benzene rings is 3. The van der Waals surface area contributed by atoms with Gasteiger partial charge in [-0.2, -0.15) is 5.10 Å². The van der Waals surface area contributed by atoms with Gasteiger partial charge in [-0.05, 0) is 26.0 Å². The molecule has 66 heavy (non-hydrogen) atoms. The maximum absolute atomic E-state index is 14.5. The Morgan fingerprint density at radius 1 is 0.955 bits per heavy atom. The molecule has 21 nitrogen and oxygen atoms in total. The monoisotopic (exact) mass is 919 g/mol. The summed E-state index contributed by atoms with van der Waals surface area (Å²) < 4.78 is 23.4. The predicted octanol–water partition coefficient (Wildman–Crippen LogP) is 6.04. The molecule has 0 spiro atoms. The van der Waals surface area contributed by atoms with E-state index in [2.05, 4.69) is 10.4 Å². The van der Waals surface area contributed by atoms with Crippen LogP contribution in [0.25, 0.3) is 10.8 Å². The molecular formula is C45H53N5O16. The molecule has 1 amide bonds. The van der Waals surface area contributed by atoms with Crippen molar-refractivity contribution in [2.75, 3.05) is 24.5 Å². The number of Topliss-reactive ketones (excluding diaryl/α,β-unsaturated/α-hetero) is 1. The summed E-state index contributed by atoms with van der Waals surface area (Å²) in [6.07, 6.45) is 3.71. The predicted molar refractivity (Wildman–Crippen MR) is 240 cm³/mol. The minimum Gasteiger partial charge on any atom is -0.507 e. The van der Waals surface area contributed by atoms with E-state index >= 15 is 0 Å². The number of aliphatic hydroxyl groups is 2. The topological polar surface area (TPSA) is 303 Å². The summed E-state index contributed by atoms with van der Waals surface area (Å²) in [7, 11) is 2.63. The molecule has 9 atom stereocenters. The number of hydrazone groups is 1. The van der Waals surface area contributed by atoms with Crippen LogP contribution in [0.5, 0.6) is 23.0 Å². The lowest BCUT2D eigenvalue weighted by Crippen LogP contribution is -2.46. The number of non-ortho nitro benzene ring substituents is 1. The highest BCUT2D eigenvalue weighted by Crippen LogP contribution is 2.55. The Bertz CT molecular complexity index is 2590. The number of fused-ring (bicyclic) bond motifs is 14. The summed E-state index contributed by atoms with van der Waals surface area (Å²) in [5, 5.41) is 88.7. The minimum atomic E-state index is -2.19. The number of hydrogen-bond donors (Lipinski definition) is 6. The van der Waals surface area contributed by atoms with Crippen molar-refractivity contribution in [3.63, 3.8) is 0 Å².